The van der Waals surface area contributed by atoms with Gasteiger partial charge in [-0.05, 0) is 25.5 Å². The van der Waals surface area contributed by atoms with Gasteiger partial charge in [-0.15, -0.1) is 16.4 Å². The van der Waals surface area contributed by atoms with Crippen LogP contribution >= 0.6 is 22.9 Å². The average Bonchev–Trinajstić information content (AvgIpc) is 3.02. The first kappa shape index (κ1) is 14.5. The Labute approximate surface area is 121 Å². The predicted octanol–water partition coefficient (Wildman–Crippen LogP) is 2.23. The third kappa shape index (κ3) is 4.28. The van der Waals surface area contributed by atoms with Gasteiger partial charge < -0.3 is 10.4 Å². The van der Waals surface area contributed by atoms with Gasteiger partial charge in [-0.2, -0.15) is 0 Å². The van der Waals surface area contributed by atoms with E-state index in [0.717, 1.165) is 10.0 Å². The third-order valence-corrected chi connectivity index (χ3v) is 4.16. The van der Waals surface area contributed by atoms with Crippen LogP contribution in [0.5, 0.6) is 0 Å². The van der Waals surface area contributed by atoms with Gasteiger partial charge in [0.05, 0.1) is 10.0 Å². The van der Waals surface area contributed by atoms with Crippen LogP contribution < -0.4 is 5.32 Å². The van der Waals surface area contributed by atoms with Crippen molar-refractivity contribution in [1.82, 2.24) is 20.3 Å². The Balaban J connectivity index is 1.83. The molecule has 0 aliphatic carbocycles. The van der Waals surface area contributed by atoms with Gasteiger partial charge in [-0.1, -0.05) is 16.8 Å². The molecule has 0 spiro atoms. The van der Waals surface area contributed by atoms with Crippen LogP contribution in [0.2, 0.25) is 4.34 Å². The molecule has 0 saturated heterocycles. The second kappa shape index (κ2) is 7.00. The smallest absolute Gasteiger partial charge is 0.0965 e. The van der Waals surface area contributed by atoms with Crippen LogP contribution in [0.3, 0.4) is 0 Å². The Morgan fingerprint density at radius 1 is 1.53 bits per heavy atom. The largest absolute Gasteiger partial charge is 0.396 e. The maximum atomic E-state index is 8.76. The number of halogens is 1. The minimum atomic E-state index is 0.170. The Morgan fingerprint density at radius 3 is 3.05 bits per heavy atom. The van der Waals surface area contributed by atoms with E-state index in [-0.39, 0.29) is 12.6 Å². The van der Waals surface area contributed by atoms with E-state index in [1.54, 1.807) is 16.0 Å². The third-order valence-electron chi connectivity index (χ3n) is 2.74. The first-order valence-corrected chi connectivity index (χ1v) is 7.37. The summed E-state index contributed by atoms with van der Waals surface area (Å²) in [6.07, 6.45) is 2.59. The van der Waals surface area contributed by atoms with Crippen LogP contribution in [-0.4, -0.2) is 26.7 Å². The van der Waals surface area contributed by atoms with E-state index in [1.807, 2.05) is 18.3 Å². The lowest BCUT2D eigenvalue weighted by Crippen LogP contribution is -2.17. The molecular weight excluding hydrogens is 284 g/mol. The highest BCUT2D eigenvalue weighted by Gasteiger charge is 2.09. The molecule has 0 aromatic carbocycles. The molecule has 0 aliphatic rings. The fourth-order valence-corrected chi connectivity index (χ4v) is 2.77. The molecule has 2 aromatic heterocycles. The van der Waals surface area contributed by atoms with Crippen molar-refractivity contribution in [2.45, 2.75) is 32.5 Å². The fourth-order valence-electron chi connectivity index (χ4n) is 1.68. The zero-order valence-electron chi connectivity index (χ0n) is 10.7. The summed E-state index contributed by atoms with van der Waals surface area (Å²) in [7, 11) is 0. The number of thiophene rings is 1. The SMILES string of the molecule is CC(NCc1cn(CCCO)nn1)c1ccc(Cl)s1. The van der Waals surface area contributed by atoms with E-state index in [1.165, 1.54) is 4.88 Å². The summed E-state index contributed by atoms with van der Waals surface area (Å²) >= 11 is 7.50. The summed E-state index contributed by atoms with van der Waals surface area (Å²) in [5.74, 6) is 0. The molecule has 104 valence electrons. The molecule has 2 heterocycles. The van der Waals surface area contributed by atoms with E-state index in [2.05, 4.69) is 22.6 Å². The number of hydrogen-bond donors (Lipinski definition) is 2. The van der Waals surface area contributed by atoms with Gasteiger partial charge in [0.2, 0.25) is 0 Å². The van der Waals surface area contributed by atoms with Gasteiger partial charge in [0.15, 0.2) is 0 Å². The summed E-state index contributed by atoms with van der Waals surface area (Å²) in [5, 5.41) is 20.2. The first-order valence-electron chi connectivity index (χ1n) is 6.17. The molecule has 0 amide bonds. The topological polar surface area (TPSA) is 63.0 Å². The second-order valence-corrected chi connectivity index (χ2v) is 6.04. The standard InChI is InChI=1S/C12H17ClN4OS/c1-9(11-3-4-12(13)19-11)14-7-10-8-17(16-15-10)5-2-6-18/h3-4,8-9,14,18H,2,5-7H2,1H3. The van der Waals surface area contributed by atoms with Crippen molar-refractivity contribution in [2.24, 2.45) is 0 Å². The Hall–Kier alpha value is -0.950. The summed E-state index contributed by atoms with van der Waals surface area (Å²) in [5.41, 5.74) is 0.896. The van der Waals surface area contributed by atoms with Crippen molar-refractivity contribution < 1.29 is 5.11 Å². The lowest BCUT2D eigenvalue weighted by Gasteiger charge is -2.10. The Kier molecular flexibility index (Phi) is 5.33. The van der Waals surface area contributed by atoms with Gasteiger partial charge >= 0.3 is 0 Å². The van der Waals surface area contributed by atoms with Gasteiger partial charge in [0.25, 0.3) is 0 Å². The van der Waals surface area contributed by atoms with E-state index in [4.69, 9.17) is 16.7 Å². The number of rotatable bonds is 7. The van der Waals surface area contributed by atoms with Crippen LogP contribution in [0.25, 0.3) is 0 Å². The van der Waals surface area contributed by atoms with Gasteiger partial charge in [0, 0.05) is 36.8 Å². The molecule has 1 unspecified atom stereocenters. The maximum absolute atomic E-state index is 8.76. The van der Waals surface area contributed by atoms with E-state index < -0.39 is 0 Å². The molecule has 19 heavy (non-hydrogen) atoms. The number of aryl methyl sites for hydroxylation is 1. The first-order chi connectivity index (χ1) is 9.19. The average molecular weight is 301 g/mol. The van der Waals surface area contributed by atoms with Crippen molar-refractivity contribution in [3.8, 4) is 0 Å². The zero-order valence-corrected chi connectivity index (χ0v) is 12.3. The fraction of sp³-hybridized carbons (Fsp3) is 0.500. The number of nitrogens with zero attached hydrogens (tertiary/aromatic N) is 3. The van der Waals surface area contributed by atoms with Crippen molar-refractivity contribution in [2.75, 3.05) is 6.61 Å². The Bertz CT molecular complexity index is 513. The number of aliphatic hydroxyl groups is 1. The summed E-state index contributed by atoms with van der Waals surface area (Å²) in [4.78, 5) is 1.21. The zero-order chi connectivity index (χ0) is 13.7. The van der Waals surface area contributed by atoms with Crippen molar-refractivity contribution in [1.29, 1.82) is 0 Å². The van der Waals surface area contributed by atoms with Crippen LogP contribution in [-0.2, 0) is 13.1 Å². The van der Waals surface area contributed by atoms with E-state index in [9.17, 15) is 0 Å². The number of aliphatic hydroxyl groups excluding tert-OH is 1. The quantitative estimate of drug-likeness (QED) is 0.823. The van der Waals surface area contributed by atoms with Crippen LogP contribution in [0.4, 0.5) is 0 Å². The van der Waals surface area contributed by atoms with Crippen LogP contribution in [0, 0.1) is 0 Å². The second-order valence-electron chi connectivity index (χ2n) is 4.29. The highest BCUT2D eigenvalue weighted by atomic mass is 35.5. The molecule has 7 heteroatoms. The number of hydrogen-bond acceptors (Lipinski definition) is 5. The lowest BCUT2D eigenvalue weighted by atomic mass is 10.2. The normalized spacial score (nSPS) is 12.8. The number of aromatic nitrogens is 3. The molecule has 2 N–H and O–H groups in total. The Morgan fingerprint density at radius 2 is 2.37 bits per heavy atom. The molecule has 0 bridgehead atoms. The molecular formula is C12H17ClN4OS. The molecule has 5 nitrogen and oxygen atoms in total. The monoisotopic (exact) mass is 300 g/mol. The molecule has 0 aliphatic heterocycles. The highest BCUT2D eigenvalue weighted by molar-refractivity contribution is 7.16. The molecule has 0 saturated carbocycles. The van der Waals surface area contributed by atoms with Crippen LogP contribution in [0.1, 0.15) is 30.0 Å². The van der Waals surface area contributed by atoms with Gasteiger partial charge in [-0.25, -0.2) is 0 Å². The predicted molar refractivity (Wildman–Crippen MR) is 76.3 cm³/mol. The van der Waals surface area contributed by atoms with Crippen molar-refractivity contribution in [3.63, 3.8) is 0 Å². The maximum Gasteiger partial charge on any atom is 0.0965 e. The van der Waals surface area contributed by atoms with Crippen molar-refractivity contribution in [3.05, 3.63) is 33.2 Å². The minimum absolute atomic E-state index is 0.170. The molecule has 2 rings (SSSR count). The molecule has 0 fully saturated rings. The summed E-state index contributed by atoms with van der Waals surface area (Å²) < 4.78 is 2.55. The highest BCUT2D eigenvalue weighted by Crippen LogP contribution is 2.26. The molecule has 1 atom stereocenters. The number of nitrogens with one attached hydrogen (secondary N) is 1. The molecule has 0 radical (unpaired) electrons. The molecule has 2 aromatic rings. The summed E-state index contributed by atoms with van der Waals surface area (Å²) in [6.45, 7) is 3.62. The lowest BCUT2D eigenvalue weighted by molar-refractivity contribution is 0.276. The van der Waals surface area contributed by atoms with Crippen molar-refractivity contribution >= 4 is 22.9 Å². The van der Waals surface area contributed by atoms with E-state index >= 15 is 0 Å². The minimum Gasteiger partial charge on any atom is -0.396 e. The van der Waals surface area contributed by atoms with Crippen LogP contribution in [0.15, 0.2) is 18.3 Å². The van der Waals surface area contributed by atoms with Gasteiger partial charge in [0.1, 0.15) is 0 Å². The van der Waals surface area contributed by atoms with Gasteiger partial charge in [-0.3, -0.25) is 4.68 Å². The van der Waals surface area contributed by atoms with E-state index in [0.29, 0.717) is 19.5 Å². The summed E-state index contributed by atoms with van der Waals surface area (Å²) in [6, 6.07) is 4.17.